The molecule has 0 saturated carbocycles. The first kappa shape index (κ1) is 12.5. The van der Waals surface area contributed by atoms with Gasteiger partial charge < -0.3 is 9.55 Å². The number of pyridine rings is 1. The number of aromatic nitrogens is 3. The summed E-state index contributed by atoms with van der Waals surface area (Å²) >= 11 is 8.48. The van der Waals surface area contributed by atoms with Gasteiger partial charge in [0.1, 0.15) is 5.82 Å². The smallest absolute Gasteiger partial charge is 0.178 e. The van der Waals surface area contributed by atoms with E-state index in [9.17, 15) is 4.39 Å². The predicted molar refractivity (Wildman–Crippen MR) is 78.1 cm³/mol. The molecule has 1 N–H and O–H groups in total. The second-order valence-corrected chi connectivity index (χ2v) is 5.40. The quantitative estimate of drug-likeness (QED) is 0.716. The molecule has 0 unspecified atom stereocenters. The van der Waals surface area contributed by atoms with E-state index in [0.717, 1.165) is 11.1 Å². The van der Waals surface area contributed by atoms with Gasteiger partial charge in [-0.05, 0) is 45.8 Å². The van der Waals surface area contributed by atoms with E-state index < -0.39 is 0 Å². The molecule has 0 radical (unpaired) electrons. The van der Waals surface area contributed by atoms with Crippen molar-refractivity contribution in [2.75, 3.05) is 0 Å². The van der Waals surface area contributed by atoms with E-state index in [1.54, 1.807) is 18.5 Å². The summed E-state index contributed by atoms with van der Waals surface area (Å²) in [6.45, 7) is 0.602. The van der Waals surface area contributed by atoms with Gasteiger partial charge in [-0.1, -0.05) is 6.07 Å². The van der Waals surface area contributed by atoms with Crippen molar-refractivity contribution in [3.63, 3.8) is 0 Å². The third kappa shape index (κ3) is 2.33. The number of H-pyrrole nitrogens is 1. The number of nitrogens with one attached hydrogen (secondary N) is 1. The molecule has 0 fully saturated rings. The number of rotatable bonds is 2. The second kappa shape index (κ2) is 4.86. The van der Waals surface area contributed by atoms with Gasteiger partial charge in [0, 0.05) is 18.5 Å². The largest absolute Gasteiger partial charge is 0.330 e. The molecule has 0 saturated heterocycles. The highest BCUT2D eigenvalue weighted by Gasteiger charge is 2.09. The minimum Gasteiger partial charge on any atom is -0.330 e. The first-order chi connectivity index (χ1) is 9.15. The minimum atomic E-state index is -0.308. The van der Waals surface area contributed by atoms with Crippen LogP contribution in [0, 0.1) is 10.6 Å². The Labute approximate surface area is 122 Å². The summed E-state index contributed by atoms with van der Waals surface area (Å²) in [5.74, 6) is -0.308. The average molecular weight is 338 g/mol. The van der Waals surface area contributed by atoms with Crippen molar-refractivity contribution in [3.05, 3.63) is 57.3 Å². The highest BCUT2D eigenvalue weighted by atomic mass is 79.9. The predicted octanol–water partition coefficient (Wildman–Crippen LogP) is 4.04. The minimum absolute atomic E-state index is 0.308. The van der Waals surface area contributed by atoms with E-state index in [-0.39, 0.29) is 5.82 Å². The van der Waals surface area contributed by atoms with Crippen molar-refractivity contribution in [2.45, 2.75) is 6.54 Å². The van der Waals surface area contributed by atoms with Gasteiger partial charge >= 0.3 is 0 Å². The van der Waals surface area contributed by atoms with Gasteiger partial charge in [-0.15, -0.1) is 0 Å². The highest BCUT2D eigenvalue weighted by molar-refractivity contribution is 9.10. The normalized spacial score (nSPS) is 11.1. The Bertz CT molecular complexity index is 795. The molecule has 0 spiro atoms. The summed E-state index contributed by atoms with van der Waals surface area (Å²) < 4.78 is 16.4. The molecule has 2 heterocycles. The number of halogens is 2. The lowest BCUT2D eigenvalue weighted by molar-refractivity contribution is 0.622. The molecular formula is C13H9BrFN3S. The van der Waals surface area contributed by atoms with Gasteiger partial charge in [0.05, 0.1) is 22.1 Å². The highest BCUT2D eigenvalue weighted by Crippen LogP contribution is 2.23. The van der Waals surface area contributed by atoms with Crippen molar-refractivity contribution < 1.29 is 4.39 Å². The lowest BCUT2D eigenvalue weighted by atomic mass is 10.2. The Morgan fingerprint density at radius 3 is 3.00 bits per heavy atom. The number of hydrogen-bond acceptors (Lipinski definition) is 2. The van der Waals surface area contributed by atoms with Gasteiger partial charge in [0.25, 0.3) is 0 Å². The molecule has 0 aliphatic carbocycles. The molecule has 3 aromatic rings. The van der Waals surface area contributed by atoms with Crippen LogP contribution in [0.15, 0.2) is 41.1 Å². The monoisotopic (exact) mass is 337 g/mol. The van der Waals surface area contributed by atoms with Crippen LogP contribution in [0.25, 0.3) is 11.0 Å². The van der Waals surface area contributed by atoms with Crippen LogP contribution < -0.4 is 0 Å². The summed E-state index contributed by atoms with van der Waals surface area (Å²) in [6.07, 6.45) is 3.52. The van der Waals surface area contributed by atoms with Crippen LogP contribution in [0.2, 0.25) is 0 Å². The standard InChI is InChI=1S/C13H9BrFN3S/c14-9-4-12-11(5-10(9)15)17-13(19)18(12)7-8-2-1-3-16-6-8/h1-6H,7H2,(H,17,19). The fourth-order valence-corrected chi connectivity index (χ4v) is 2.59. The van der Waals surface area contributed by atoms with Gasteiger partial charge in [0.15, 0.2) is 4.77 Å². The lowest BCUT2D eigenvalue weighted by Crippen LogP contribution is -2.00. The van der Waals surface area contributed by atoms with E-state index in [1.807, 2.05) is 16.7 Å². The molecule has 96 valence electrons. The molecule has 0 aliphatic rings. The van der Waals surface area contributed by atoms with E-state index >= 15 is 0 Å². The van der Waals surface area contributed by atoms with E-state index in [1.165, 1.54) is 6.07 Å². The average Bonchev–Trinajstić information content (AvgIpc) is 2.68. The summed E-state index contributed by atoms with van der Waals surface area (Å²) in [7, 11) is 0. The van der Waals surface area contributed by atoms with Gasteiger partial charge in [0.2, 0.25) is 0 Å². The van der Waals surface area contributed by atoms with Gasteiger partial charge in [-0.25, -0.2) is 4.39 Å². The van der Waals surface area contributed by atoms with Crippen LogP contribution in [0.5, 0.6) is 0 Å². The number of hydrogen-bond donors (Lipinski definition) is 1. The molecule has 0 atom stereocenters. The third-order valence-corrected chi connectivity index (χ3v) is 3.81. The van der Waals surface area contributed by atoms with Crippen LogP contribution in [-0.2, 0) is 6.54 Å². The molecule has 3 rings (SSSR count). The van der Waals surface area contributed by atoms with E-state index in [4.69, 9.17) is 12.2 Å². The molecule has 2 aromatic heterocycles. The number of aromatic amines is 1. The maximum atomic E-state index is 13.5. The second-order valence-electron chi connectivity index (χ2n) is 4.16. The Hall–Kier alpha value is -1.53. The maximum Gasteiger partial charge on any atom is 0.178 e. The summed E-state index contributed by atoms with van der Waals surface area (Å²) in [4.78, 5) is 7.09. The summed E-state index contributed by atoms with van der Waals surface area (Å²) in [5.41, 5.74) is 2.59. The van der Waals surface area contributed by atoms with Gasteiger partial charge in [-0.2, -0.15) is 0 Å². The lowest BCUT2D eigenvalue weighted by Gasteiger charge is -2.04. The SMILES string of the molecule is Fc1cc2[nH]c(=S)n(Cc3cccnc3)c2cc1Br. The summed E-state index contributed by atoms with van der Waals surface area (Å²) in [5, 5.41) is 0. The zero-order valence-corrected chi connectivity index (χ0v) is 12.1. The fourth-order valence-electron chi connectivity index (χ4n) is 1.98. The van der Waals surface area contributed by atoms with Crippen molar-refractivity contribution in [3.8, 4) is 0 Å². The van der Waals surface area contributed by atoms with Crippen LogP contribution in [0.3, 0.4) is 0 Å². The molecule has 1 aromatic carbocycles. The number of benzene rings is 1. The van der Waals surface area contributed by atoms with Crippen LogP contribution in [0.4, 0.5) is 4.39 Å². The Balaban J connectivity index is 2.16. The number of imidazole rings is 1. The van der Waals surface area contributed by atoms with Crippen LogP contribution in [-0.4, -0.2) is 14.5 Å². The zero-order chi connectivity index (χ0) is 13.4. The molecule has 0 aliphatic heterocycles. The third-order valence-electron chi connectivity index (χ3n) is 2.88. The molecule has 6 heteroatoms. The first-order valence-electron chi connectivity index (χ1n) is 5.61. The molecule has 3 nitrogen and oxygen atoms in total. The van der Waals surface area contributed by atoms with E-state index in [2.05, 4.69) is 25.9 Å². The first-order valence-corrected chi connectivity index (χ1v) is 6.82. The van der Waals surface area contributed by atoms with E-state index in [0.29, 0.717) is 21.3 Å². The molecule has 19 heavy (non-hydrogen) atoms. The van der Waals surface area contributed by atoms with Crippen molar-refractivity contribution in [2.24, 2.45) is 0 Å². The van der Waals surface area contributed by atoms with Crippen molar-refractivity contribution >= 4 is 39.2 Å². The van der Waals surface area contributed by atoms with Crippen LogP contribution >= 0.6 is 28.1 Å². The number of fused-ring (bicyclic) bond motifs is 1. The number of nitrogens with zero attached hydrogens (tertiary/aromatic N) is 2. The van der Waals surface area contributed by atoms with Crippen LogP contribution in [0.1, 0.15) is 5.56 Å². The fraction of sp³-hybridized carbons (Fsp3) is 0.0769. The Morgan fingerprint density at radius 2 is 2.26 bits per heavy atom. The van der Waals surface area contributed by atoms with Crippen molar-refractivity contribution in [1.82, 2.24) is 14.5 Å². The molecule has 0 bridgehead atoms. The maximum absolute atomic E-state index is 13.5. The Morgan fingerprint density at radius 1 is 1.42 bits per heavy atom. The summed E-state index contributed by atoms with van der Waals surface area (Å²) in [6, 6.07) is 7.03. The molecular weight excluding hydrogens is 329 g/mol. The zero-order valence-electron chi connectivity index (χ0n) is 9.73. The topological polar surface area (TPSA) is 33.6 Å². The van der Waals surface area contributed by atoms with Gasteiger partial charge in [-0.3, -0.25) is 4.98 Å². The van der Waals surface area contributed by atoms with Crippen molar-refractivity contribution in [1.29, 1.82) is 0 Å². The Kier molecular flexibility index (Phi) is 3.20. The molecule has 0 amide bonds.